The SMILES string of the molecule is CC[C@H](C)NC(=O)C(=O)N/N=C\c1cc(Cl)ccc1OCC(=O)Nc1c(C)cc(Br)cc1C. The molecule has 0 bridgehead atoms. The second-order valence-electron chi connectivity index (χ2n) is 7.42. The lowest BCUT2D eigenvalue weighted by atomic mass is 10.1. The van der Waals surface area contributed by atoms with Crippen molar-refractivity contribution >= 4 is 57.2 Å². The maximum Gasteiger partial charge on any atom is 0.329 e. The first-order chi connectivity index (χ1) is 15.6. The van der Waals surface area contributed by atoms with Crippen molar-refractivity contribution in [2.75, 3.05) is 11.9 Å². The van der Waals surface area contributed by atoms with E-state index in [-0.39, 0.29) is 18.6 Å². The molecule has 0 aliphatic heterocycles. The Bertz CT molecular complexity index is 1050. The second kappa shape index (κ2) is 12.4. The molecule has 3 amide bonds. The first-order valence-electron chi connectivity index (χ1n) is 10.2. The number of aryl methyl sites for hydroxylation is 2. The van der Waals surface area contributed by atoms with Crippen molar-refractivity contribution in [3.63, 3.8) is 0 Å². The van der Waals surface area contributed by atoms with E-state index in [2.05, 4.69) is 37.1 Å². The van der Waals surface area contributed by atoms with E-state index < -0.39 is 11.8 Å². The number of carbonyl (C=O) groups is 3. The number of nitrogens with one attached hydrogen (secondary N) is 3. The van der Waals surface area contributed by atoms with E-state index in [1.807, 2.05) is 32.9 Å². The smallest absolute Gasteiger partial charge is 0.329 e. The fourth-order valence-electron chi connectivity index (χ4n) is 2.78. The van der Waals surface area contributed by atoms with E-state index in [4.69, 9.17) is 16.3 Å². The molecular formula is C23H26BrClN4O4. The van der Waals surface area contributed by atoms with Crippen LogP contribution in [-0.4, -0.2) is 36.6 Å². The third kappa shape index (κ3) is 8.18. The van der Waals surface area contributed by atoms with Crippen molar-refractivity contribution < 1.29 is 19.1 Å². The van der Waals surface area contributed by atoms with Crippen LogP contribution < -0.4 is 20.8 Å². The number of ether oxygens (including phenoxy) is 1. The molecule has 176 valence electrons. The number of hydrazone groups is 1. The summed E-state index contributed by atoms with van der Waals surface area (Å²) in [6.07, 6.45) is 1.98. The predicted molar refractivity (Wildman–Crippen MR) is 133 cm³/mol. The molecule has 0 saturated heterocycles. The van der Waals surface area contributed by atoms with E-state index in [1.54, 1.807) is 25.1 Å². The van der Waals surface area contributed by atoms with Crippen LogP contribution >= 0.6 is 27.5 Å². The lowest BCUT2D eigenvalue weighted by Crippen LogP contribution is -2.41. The Morgan fingerprint density at radius 3 is 2.45 bits per heavy atom. The minimum atomic E-state index is -0.893. The zero-order valence-electron chi connectivity index (χ0n) is 18.8. The van der Waals surface area contributed by atoms with Crippen LogP contribution in [0.25, 0.3) is 0 Å². The summed E-state index contributed by atoms with van der Waals surface area (Å²) in [6, 6.07) is 8.45. The van der Waals surface area contributed by atoms with Gasteiger partial charge in [0.25, 0.3) is 5.91 Å². The van der Waals surface area contributed by atoms with E-state index in [0.29, 0.717) is 22.8 Å². The maximum absolute atomic E-state index is 12.4. The quantitative estimate of drug-likeness (QED) is 0.268. The van der Waals surface area contributed by atoms with Gasteiger partial charge in [0.15, 0.2) is 6.61 Å². The molecule has 0 radical (unpaired) electrons. The molecule has 0 aliphatic carbocycles. The Morgan fingerprint density at radius 1 is 1.15 bits per heavy atom. The molecule has 0 heterocycles. The van der Waals surface area contributed by atoms with Gasteiger partial charge in [-0.1, -0.05) is 34.5 Å². The topological polar surface area (TPSA) is 109 Å². The van der Waals surface area contributed by atoms with Gasteiger partial charge >= 0.3 is 11.8 Å². The molecule has 2 aromatic rings. The molecule has 33 heavy (non-hydrogen) atoms. The first kappa shape index (κ1) is 26.3. The van der Waals surface area contributed by atoms with Gasteiger partial charge in [0.1, 0.15) is 5.75 Å². The van der Waals surface area contributed by atoms with Gasteiger partial charge < -0.3 is 15.4 Å². The highest BCUT2D eigenvalue weighted by Crippen LogP contribution is 2.25. The number of amides is 3. The number of carbonyl (C=O) groups excluding carboxylic acids is 3. The molecule has 0 spiro atoms. The van der Waals surface area contributed by atoms with Gasteiger partial charge in [0, 0.05) is 26.8 Å². The van der Waals surface area contributed by atoms with Crippen LogP contribution in [0.4, 0.5) is 5.69 Å². The Labute approximate surface area is 206 Å². The van der Waals surface area contributed by atoms with Crippen molar-refractivity contribution in [2.45, 2.75) is 40.2 Å². The molecule has 3 N–H and O–H groups in total. The summed E-state index contributed by atoms with van der Waals surface area (Å²) in [6.45, 7) is 7.24. The minimum absolute atomic E-state index is 0.128. The summed E-state index contributed by atoms with van der Waals surface area (Å²) in [4.78, 5) is 36.1. The van der Waals surface area contributed by atoms with E-state index in [9.17, 15) is 14.4 Å². The van der Waals surface area contributed by atoms with Crippen molar-refractivity contribution in [2.24, 2.45) is 5.10 Å². The number of hydrogen-bond donors (Lipinski definition) is 3. The second-order valence-corrected chi connectivity index (χ2v) is 8.77. The van der Waals surface area contributed by atoms with Crippen LogP contribution in [0.3, 0.4) is 0 Å². The Hall–Kier alpha value is -2.91. The lowest BCUT2D eigenvalue weighted by molar-refractivity contribution is -0.139. The fraction of sp³-hybridized carbons (Fsp3) is 0.304. The number of nitrogens with zero attached hydrogens (tertiary/aromatic N) is 1. The molecule has 2 rings (SSSR count). The van der Waals surface area contributed by atoms with Crippen LogP contribution in [0.2, 0.25) is 5.02 Å². The lowest BCUT2D eigenvalue weighted by Gasteiger charge is -2.14. The monoisotopic (exact) mass is 536 g/mol. The molecule has 0 saturated carbocycles. The third-order valence-electron chi connectivity index (χ3n) is 4.66. The minimum Gasteiger partial charge on any atom is -0.483 e. The molecule has 8 nitrogen and oxygen atoms in total. The highest BCUT2D eigenvalue weighted by atomic mass is 79.9. The first-order valence-corrected chi connectivity index (χ1v) is 11.4. The van der Waals surface area contributed by atoms with Gasteiger partial charge in [0.05, 0.1) is 6.21 Å². The van der Waals surface area contributed by atoms with Gasteiger partial charge in [-0.15, -0.1) is 0 Å². The zero-order valence-corrected chi connectivity index (χ0v) is 21.1. The zero-order chi connectivity index (χ0) is 24.5. The van der Waals surface area contributed by atoms with Crippen LogP contribution in [0.5, 0.6) is 5.75 Å². The summed E-state index contributed by atoms with van der Waals surface area (Å²) < 4.78 is 6.57. The van der Waals surface area contributed by atoms with E-state index in [0.717, 1.165) is 21.3 Å². The Kier molecular flexibility index (Phi) is 9.87. The molecule has 2 aromatic carbocycles. The molecule has 0 unspecified atom stereocenters. The van der Waals surface area contributed by atoms with Gasteiger partial charge in [-0.25, -0.2) is 5.43 Å². The van der Waals surface area contributed by atoms with Crippen LogP contribution in [0.1, 0.15) is 37.0 Å². The number of hydrogen-bond acceptors (Lipinski definition) is 5. The average Bonchev–Trinajstić information content (AvgIpc) is 2.75. The van der Waals surface area contributed by atoms with Gasteiger partial charge in [-0.05, 0) is 68.7 Å². The van der Waals surface area contributed by atoms with Crippen molar-refractivity contribution in [1.29, 1.82) is 0 Å². The van der Waals surface area contributed by atoms with Gasteiger partial charge in [-0.2, -0.15) is 5.10 Å². The van der Waals surface area contributed by atoms with Crippen molar-refractivity contribution in [1.82, 2.24) is 10.7 Å². The average molecular weight is 538 g/mol. The molecule has 0 aromatic heterocycles. The standard InChI is InChI=1S/C23H26BrClN4O4/c1-5-15(4)27-22(31)23(32)29-26-11-16-10-18(25)6-7-19(16)33-12-20(30)28-21-13(2)8-17(24)9-14(21)3/h6-11,15H,5,12H2,1-4H3,(H,27,31)(H,28,30)(H,29,32)/b26-11-/t15-/m0/s1. The van der Waals surface area contributed by atoms with Crippen LogP contribution in [0, 0.1) is 13.8 Å². The molecule has 1 atom stereocenters. The molecule has 10 heteroatoms. The van der Waals surface area contributed by atoms with Crippen LogP contribution in [-0.2, 0) is 14.4 Å². The fourth-order valence-corrected chi connectivity index (χ4v) is 3.65. The van der Waals surface area contributed by atoms with Crippen molar-refractivity contribution in [3.8, 4) is 5.75 Å². The highest BCUT2D eigenvalue weighted by Gasteiger charge is 2.15. The maximum atomic E-state index is 12.4. The van der Waals surface area contributed by atoms with Gasteiger partial charge in [0.2, 0.25) is 0 Å². The molecule has 0 aliphatic rings. The van der Waals surface area contributed by atoms with E-state index >= 15 is 0 Å². The largest absolute Gasteiger partial charge is 0.483 e. The molecule has 0 fully saturated rings. The number of halogens is 2. The van der Waals surface area contributed by atoms with Crippen LogP contribution in [0.15, 0.2) is 39.9 Å². The Morgan fingerprint density at radius 2 is 1.82 bits per heavy atom. The predicted octanol–water partition coefficient (Wildman–Crippen LogP) is 4.10. The van der Waals surface area contributed by atoms with Gasteiger partial charge in [-0.3, -0.25) is 14.4 Å². The third-order valence-corrected chi connectivity index (χ3v) is 5.35. The number of benzene rings is 2. The Balaban J connectivity index is 2.02. The van der Waals surface area contributed by atoms with Crippen molar-refractivity contribution in [3.05, 3.63) is 56.5 Å². The summed E-state index contributed by atoms with van der Waals surface area (Å²) >= 11 is 9.48. The highest BCUT2D eigenvalue weighted by molar-refractivity contribution is 9.10. The number of rotatable bonds is 8. The van der Waals surface area contributed by atoms with E-state index in [1.165, 1.54) is 6.21 Å². The summed E-state index contributed by atoms with van der Waals surface area (Å²) in [5, 5.41) is 9.60. The number of anilines is 1. The summed E-state index contributed by atoms with van der Waals surface area (Å²) in [5.41, 5.74) is 5.15. The summed E-state index contributed by atoms with van der Waals surface area (Å²) in [7, 11) is 0. The summed E-state index contributed by atoms with van der Waals surface area (Å²) in [5.74, 6) is -1.67. The normalized spacial score (nSPS) is 11.7. The molecular weight excluding hydrogens is 512 g/mol.